The molecule has 1 saturated heterocycles. The Labute approximate surface area is 180 Å². The van der Waals surface area contributed by atoms with Crippen molar-refractivity contribution in [3.63, 3.8) is 0 Å². The van der Waals surface area contributed by atoms with Crippen molar-refractivity contribution in [2.24, 2.45) is 5.92 Å². The predicted octanol–water partition coefficient (Wildman–Crippen LogP) is 3.18. The summed E-state index contributed by atoms with van der Waals surface area (Å²) in [6.07, 6.45) is 5.07. The standard InChI is InChI=1S/C23H23N5O3/c1-31-23(30)18-6-2-3-7-20(18)25-22(29)17-5-4-14-28(15-17)21-9-8-19(26-27-21)16-10-12-24-13-11-16/h2-3,6-13,17H,4-5,14-15H2,1H3,(H,25,29). The number of carbonyl (C=O) groups excluding carboxylic acids is 2. The number of piperidine rings is 1. The predicted molar refractivity (Wildman–Crippen MR) is 117 cm³/mol. The van der Waals surface area contributed by atoms with Gasteiger partial charge in [-0.05, 0) is 49.2 Å². The fourth-order valence-electron chi connectivity index (χ4n) is 3.68. The molecule has 1 fully saturated rings. The number of carbonyl (C=O) groups is 2. The largest absolute Gasteiger partial charge is 0.465 e. The number of para-hydroxylation sites is 1. The van der Waals surface area contributed by atoms with Crippen molar-refractivity contribution in [3.05, 3.63) is 66.5 Å². The molecule has 0 aliphatic carbocycles. The molecule has 4 rings (SSSR count). The lowest BCUT2D eigenvalue weighted by Crippen LogP contribution is -2.41. The van der Waals surface area contributed by atoms with Gasteiger partial charge in [0.25, 0.3) is 0 Å². The van der Waals surface area contributed by atoms with E-state index in [1.807, 2.05) is 24.3 Å². The molecule has 0 bridgehead atoms. The molecular formula is C23H23N5O3. The minimum absolute atomic E-state index is 0.123. The summed E-state index contributed by atoms with van der Waals surface area (Å²) in [5.41, 5.74) is 2.52. The Kier molecular flexibility index (Phi) is 6.16. The third kappa shape index (κ3) is 4.69. The van der Waals surface area contributed by atoms with E-state index in [2.05, 4.69) is 25.4 Å². The molecule has 31 heavy (non-hydrogen) atoms. The van der Waals surface area contributed by atoms with Gasteiger partial charge >= 0.3 is 5.97 Å². The van der Waals surface area contributed by atoms with Gasteiger partial charge in [-0.1, -0.05) is 12.1 Å². The Balaban J connectivity index is 1.44. The molecule has 1 aliphatic rings. The Hall–Kier alpha value is -3.81. The van der Waals surface area contributed by atoms with E-state index in [-0.39, 0.29) is 11.8 Å². The first kappa shape index (κ1) is 20.5. The van der Waals surface area contributed by atoms with E-state index in [1.54, 1.807) is 36.7 Å². The maximum Gasteiger partial charge on any atom is 0.339 e. The van der Waals surface area contributed by atoms with Gasteiger partial charge in [0.2, 0.25) is 5.91 Å². The average molecular weight is 417 g/mol. The van der Waals surface area contributed by atoms with Gasteiger partial charge in [0, 0.05) is 31.0 Å². The van der Waals surface area contributed by atoms with Crippen LogP contribution in [0.15, 0.2) is 60.9 Å². The zero-order valence-electron chi connectivity index (χ0n) is 17.2. The van der Waals surface area contributed by atoms with Gasteiger partial charge in [0.15, 0.2) is 5.82 Å². The summed E-state index contributed by atoms with van der Waals surface area (Å²) >= 11 is 0. The van der Waals surface area contributed by atoms with Gasteiger partial charge in [-0.15, -0.1) is 10.2 Å². The highest BCUT2D eigenvalue weighted by atomic mass is 16.5. The van der Waals surface area contributed by atoms with Crippen LogP contribution in [0, 0.1) is 5.92 Å². The molecule has 3 heterocycles. The van der Waals surface area contributed by atoms with Crippen LogP contribution in [0.3, 0.4) is 0 Å². The van der Waals surface area contributed by atoms with Crippen molar-refractivity contribution in [3.8, 4) is 11.3 Å². The van der Waals surface area contributed by atoms with Crippen molar-refractivity contribution in [2.45, 2.75) is 12.8 Å². The zero-order chi connectivity index (χ0) is 21.6. The van der Waals surface area contributed by atoms with E-state index in [9.17, 15) is 9.59 Å². The van der Waals surface area contributed by atoms with Gasteiger partial charge in [0.05, 0.1) is 30.0 Å². The van der Waals surface area contributed by atoms with E-state index in [1.165, 1.54) is 7.11 Å². The van der Waals surface area contributed by atoms with E-state index in [0.29, 0.717) is 17.8 Å². The first-order valence-corrected chi connectivity index (χ1v) is 10.1. The summed E-state index contributed by atoms with van der Waals surface area (Å²) in [6, 6.07) is 14.5. The number of aromatic nitrogens is 3. The molecule has 3 aromatic rings. The number of hydrogen-bond donors (Lipinski definition) is 1. The first-order chi connectivity index (χ1) is 15.2. The number of rotatable bonds is 5. The van der Waals surface area contributed by atoms with Crippen LogP contribution in [0.25, 0.3) is 11.3 Å². The second kappa shape index (κ2) is 9.34. The highest BCUT2D eigenvalue weighted by molar-refractivity contribution is 6.02. The second-order valence-electron chi connectivity index (χ2n) is 7.32. The number of esters is 1. The lowest BCUT2D eigenvalue weighted by atomic mass is 9.96. The molecule has 0 spiro atoms. The first-order valence-electron chi connectivity index (χ1n) is 10.1. The molecule has 0 saturated carbocycles. The molecule has 158 valence electrons. The van der Waals surface area contributed by atoms with Crippen LogP contribution < -0.4 is 10.2 Å². The number of nitrogens with zero attached hydrogens (tertiary/aromatic N) is 4. The third-order valence-electron chi connectivity index (χ3n) is 5.33. The minimum atomic E-state index is -0.481. The van der Waals surface area contributed by atoms with Crippen LogP contribution >= 0.6 is 0 Å². The SMILES string of the molecule is COC(=O)c1ccccc1NC(=O)C1CCCN(c2ccc(-c3ccncc3)nn2)C1. The monoisotopic (exact) mass is 417 g/mol. The normalized spacial score (nSPS) is 15.9. The molecule has 1 unspecified atom stereocenters. The van der Waals surface area contributed by atoms with Crippen LogP contribution in [0.1, 0.15) is 23.2 Å². The summed E-state index contributed by atoms with van der Waals surface area (Å²) in [5.74, 6) is -0.0838. The minimum Gasteiger partial charge on any atom is -0.465 e. The number of benzene rings is 1. The summed E-state index contributed by atoms with van der Waals surface area (Å²) < 4.78 is 4.80. The van der Waals surface area contributed by atoms with Crippen LogP contribution in [0.4, 0.5) is 11.5 Å². The van der Waals surface area contributed by atoms with Gasteiger partial charge in [0.1, 0.15) is 0 Å². The highest BCUT2D eigenvalue weighted by Crippen LogP contribution is 2.25. The molecule has 2 aromatic heterocycles. The number of nitrogens with one attached hydrogen (secondary N) is 1. The lowest BCUT2D eigenvalue weighted by molar-refractivity contribution is -0.120. The van der Waals surface area contributed by atoms with Gasteiger partial charge < -0.3 is 15.0 Å². The molecule has 1 amide bonds. The number of methoxy groups -OCH3 is 1. The molecule has 1 atom stereocenters. The molecule has 1 N–H and O–H groups in total. The summed E-state index contributed by atoms with van der Waals surface area (Å²) in [6.45, 7) is 1.35. The highest BCUT2D eigenvalue weighted by Gasteiger charge is 2.27. The van der Waals surface area contributed by atoms with Crippen molar-refractivity contribution in [2.75, 3.05) is 30.4 Å². The summed E-state index contributed by atoms with van der Waals surface area (Å²) in [7, 11) is 1.32. The smallest absolute Gasteiger partial charge is 0.339 e. The maximum absolute atomic E-state index is 12.9. The topological polar surface area (TPSA) is 97.3 Å². The lowest BCUT2D eigenvalue weighted by Gasteiger charge is -2.32. The molecular weight excluding hydrogens is 394 g/mol. The fourth-order valence-corrected chi connectivity index (χ4v) is 3.68. The Morgan fingerprint density at radius 3 is 2.61 bits per heavy atom. The third-order valence-corrected chi connectivity index (χ3v) is 5.33. The Bertz CT molecular complexity index is 1060. The van der Waals surface area contributed by atoms with Crippen LogP contribution in [-0.2, 0) is 9.53 Å². The summed E-state index contributed by atoms with van der Waals surface area (Å²) in [4.78, 5) is 31.0. The Morgan fingerprint density at radius 2 is 1.87 bits per heavy atom. The van der Waals surface area contributed by atoms with E-state index < -0.39 is 5.97 Å². The molecule has 0 radical (unpaired) electrons. The average Bonchev–Trinajstić information content (AvgIpc) is 2.84. The van der Waals surface area contributed by atoms with Crippen LogP contribution in [-0.4, -0.2) is 47.3 Å². The molecule has 8 heteroatoms. The van der Waals surface area contributed by atoms with Gasteiger partial charge in [-0.2, -0.15) is 0 Å². The van der Waals surface area contributed by atoms with Crippen LogP contribution in [0.5, 0.6) is 0 Å². The molecule has 8 nitrogen and oxygen atoms in total. The number of ether oxygens (including phenoxy) is 1. The number of anilines is 2. The number of pyridine rings is 1. The van der Waals surface area contributed by atoms with Crippen molar-refractivity contribution in [1.29, 1.82) is 0 Å². The van der Waals surface area contributed by atoms with Crippen LogP contribution in [0.2, 0.25) is 0 Å². The maximum atomic E-state index is 12.9. The second-order valence-corrected chi connectivity index (χ2v) is 7.32. The summed E-state index contributed by atoms with van der Waals surface area (Å²) in [5, 5.41) is 11.6. The fraction of sp³-hybridized carbons (Fsp3) is 0.261. The quantitative estimate of drug-likeness (QED) is 0.637. The number of hydrogen-bond acceptors (Lipinski definition) is 7. The van der Waals surface area contributed by atoms with Crippen molar-refractivity contribution >= 4 is 23.4 Å². The van der Waals surface area contributed by atoms with Crippen molar-refractivity contribution < 1.29 is 14.3 Å². The van der Waals surface area contributed by atoms with Gasteiger partial charge in [-0.3, -0.25) is 9.78 Å². The van der Waals surface area contributed by atoms with E-state index in [0.717, 1.165) is 36.5 Å². The molecule has 1 aliphatic heterocycles. The molecule has 1 aromatic carbocycles. The van der Waals surface area contributed by atoms with Crippen molar-refractivity contribution in [1.82, 2.24) is 15.2 Å². The zero-order valence-corrected chi connectivity index (χ0v) is 17.2. The Morgan fingerprint density at radius 1 is 1.06 bits per heavy atom. The van der Waals surface area contributed by atoms with Gasteiger partial charge in [-0.25, -0.2) is 4.79 Å². The number of amides is 1. The van der Waals surface area contributed by atoms with E-state index >= 15 is 0 Å². The van der Waals surface area contributed by atoms with E-state index in [4.69, 9.17) is 4.74 Å².